The molecule has 4 nitrogen and oxygen atoms in total. The SMILES string of the molecule is CC/C=C/C(C)=C/C(CCN=C(C)N(C)C)C(N)=C(C)C(C)=NC. The molecule has 0 saturated heterocycles. The molecule has 0 rings (SSSR count). The van der Waals surface area contributed by atoms with Crippen molar-refractivity contribution in [3.8, 4) is 0 Å². The maximum atomic E-state index is 6.46. The number of hydrogen-bond donors (Lipinski definition) is 1. The predicted octanol–water partition coefficient (Wildman–Crippen LogP) is 4.21. The molecule has 0 aromatic heterocycles. The number of nitrogens with zero attached hydrogens (tertiary/aromatic N) is 3. The average molecular weight is 333 g/mol. The molecule has 0 aliphatic rings. The lowest BCUT2D eigenvalue weighted by molar-refractivity contribution is 0.604. The van der Waals surface area contributed by atoms with Gasteiger partial charge in [-0.3, -0.25) is 9.98 Å². The molecule has 0 aromatic carbocycles. The Balaban J connectivity index is 5.46. The second-order valence-corrected chi connectivity index (χ2v) is 6.33. The predicted molar refractivity (Wildman–Crippen MR) is 109 cm³/mol. The van der Waals surface area contributed by atoms with Crippen molar-refractivity contribution < 1.29 is 0 Å². The Labute approximate surface area is 148 Å². The molecule has 0 bridgehead atoms. The molecule has 0 aliphatic carbocycles. The van der Waals surface area contributed by atoms with E-state index in [1.165, 1.54) is 5.57 Å². The highest BCUT2D eigenvalue weighted by molar-refractivity contribution is 5.98. The number of aliphatic imine (C=N–C) groups is 2. The molecule has 0 aliphatic heterocycles. The number of rotatable bonds is 8. The van der Waals surface area contributed by atoms with Gasteiger partial charge in [0.2, 0.25) is 0 Å². The smallest absolute Gasteiger partial charge is 0.0952 e. The van der Waals surface area contributed by atoms with Crippen molar-refractivity contribution in [1.29, 1.82) is 0 Å². The fraction of sp³-hybridized carbons (Fsp3) is 0.600. The molecular weight excluding hydrogens is 296 g/mol. The maximum Gasteiger partial charge on any atom is 0.0952 e. The Hall–Kier alpha value is -1.84. The first kappa shape index (κ1) is 22.2. The quantitative estimate of drug-likeness (QED) is 0.411. The molecule has 4 heteroatoms. The highest BCUT2D eigenvalue weighted by Crippen LogP contribution is 2.20. The first-order chi connectivity index (χ1) is 11.2. The normalized spacial score (nSPS) is 16.4. The van der Waals surface area contributed by atoms with Crippen LogP contribution in [0.4, 0.5) is 0 Å². The molecule has 24 heavy (non-hydrogen) atoms. The summed E-state index contributed by atoms with van der Waals surface area (Å²) in [6, 6.07) is 0. The largest absolute Gasteiger partial charge is 0.401 e. The monoisotopic (exact) mass is 332 g/mol. The van der Waals surface area contributed by atoms with Gasteiger partial charge < -0.3 is 10.6 Å². The van der Waals surface area contributed by atoms with E-state index in [4.69, 9.17) is 5.73 Å². The third-order valence-electron chi connectivity index (χ3n) is 4.22. The molecule has 0 saturated carbocycles. The van der Waals surface area contributed by atoms with Crippen LogP contribution in [0.1, 0.15) is 47.5 Å². The summed E-state index contributed by atoms with van der Waals surface area (Å²) in [5.74, 6) is 1.20. The number of allylic oxidation sites excluding steroid dienone is 5. The summed E-state index contributed by atoms with van der Waals surface area (Å²) in [4.78, 5) is 10.9. The summed E-state index contributed by atoms with van der Waals surface area (Å²) < 4.78 is 0. The van der Waals surface area contributed by atoms with E-state index in [-0.39, 0.29) is 5.92 Å². The van der Waals surface area contributed by atoms with Gasteiger partial charge in [-0.1, -0.05) is 30.7 Å². The van der Waals surface area contributed by atoms with Gasteiger partial charge >= 0.3 is 0 Å². The molecule has 2 N–H and O–H groups in total. The van der Waals surface area contributed by atoms with Crippen LogP contribution in [-0.4, -0.2) is 44.1 Å². The van der Waals surface area contributed by atoms with E-state index in [0.717, 1.165) is 42.2 Å². The molecule has 0 amide bonds. The van der Waals surface area contributed by atoms with Crippen molar-refractivity contribution in [2.24, 2.45) is 21.6 Å². The van der Waals surface area contributed by atoms with Crippen molar-refractivity contribution in [3.63, 3.8) is 0 Å². The van der Waals surface area contributed by atoms with E-state index in [1.54, 1.807) is 7.05 Å². The Morgan fingerprint density at radius 1 is 1.17 bits per heavy atom. The third kappa shape index (κ3) is 8.14. The van der Waals surface area contributed by atoms with Crippen LogP contribution in [-0.2, 0) is 0 Å². The molecule has 0 radical (unpaired) electrons. The van der Waals surface area contributed by atoms with Gasteiger partial charge in [0.15, 0.2) is 0 Å². The molecule has 1 atom stereocenters. The van der Waals surface area contributed by atoms with Crippen molar-refractivity contribution in [1.82, 2.24) is 4.90 Å². The van der Waals surface area contributed by atoms with Gasteiger partial charge in [0, 0.05) is 45.0 Å². The minimum absolute atomic E-state index is 0.168. The molecule has 0 fully saturated rings. The van der Waals surface area contributed by atoms with E-state index in [2.05, 4.69) is 42.1 Å². The summed E-state index contributed by atoms with van der Waals surface area (Å²) in [5.41, 5.74) is 10.6. The fourth-order valence-corrected chi connectivity index (χ4v) is 2.17. The van der Waals surface area contributed by atoms with Crippen molar-refractivity contribution >= 4 is 11.5 Å². The lowest BCUT2D eigenvalue weighted by Gasteiger charge is -2.18. The van der Waals surface area contributed by atoms with Crippen LogP contribution in [0, 0.1) is 5.92 Å². The van der Waals surface area contributed by atoms with E-state index >= 15 is 0 Å². The summed E-state index contributed by atoms with van der Waals surface area (Å²) in [5, 5.41) is 0. The summed E-state index contributed by atoms with van der Waals surface area (Å²) in [6.45, 7) is 11.1. The first-order valence-corrected chi connectivity index (χ1v) is 8.67. The second-order valence-electron chi connectivity index (χ2n) is 6.33. The van der Waals surface area contributed by atoms with Gasteiger partial charge in [0.05, 0.1) is 5.84 Å². The Morgan fingerprint density at radius 2 is 1.79 bits per heavy atom. The number of nitrogens with two attached hydrogens (primary N) is 1. The van der Waals surface area contributed by atoms with Crippen LogP contribution in [0.2, 0.25) is 0 Å². The van der Waals surface area contributed by atoms with Crippen LogP contribution < -0.4 is 5.73 Å². The van der Waals surface area contributed by atoms with Crippen molar-refractivity contribution in [3.05, 3.63) is 35.1 Å². The van der Waals surface area contributed by atoms with Crippen LogP contribution >= 0.6 is 0 Å². The third-order valence-corrected chi connectivity index (χ3v) is 4.22. The van der Waals surface area contributed by atoms with Crippen LogP contribution in [0.15, 0.2) is 45.1 Å². The summed E-state index contributed by atoms with van der Waals surface area (Å²) >= 11 is 0. The Morgan fingerprint density at radius 3 is 2.29 bits per heavy atom. The summed E-state index contributed by atoms with van der Waals surface area (Å²) in [6.07, 6.45) is 8.50. The molecule has 0 spiro atoms. The van der Waals surface area contributed by atoms with Gasteiger partial charge in [-0.25, -0.2) is 0 Å². The standard InChI is InChI=1S/C20H36N4/c1-9-10-11-15(2)14-19(12-13-23-18(5)24(7)8)20(21)16(3)17(4)22-6/h10-11,14,19H,9,12-13,21H2,1-8H3/b11-10+,15-14+,20-16?,22-17?,23-18?. The molecule has 1 unspecified atom stereocenters. The average Bonchev–Trinajstić information content (AvgIpc) is 2.56. The van der Waals surface area contributed by atoms with Gasteiger partial charge in [0.1, 0.15) is 0 Å². The Bertz CT molecular complexity index is 534. The van der Waals surface area contributed by atoms with E-state index < -0.39 is 0 Å². The van der Waals surface area contributed by atoms with E-state index in [9.17, 15) is 0 Å². The topological polar surface area (TPSA) is 54.0 Å². The minimum atomic E-state index is 0.168. The number of amidine groups is 1. The highest BCUT2D eigenvalue weighted by Gasteiger charge is 2.13. The number of hydrogen-bond acceptors (Lipinski definition) is 3. The van der Waals surface area contributed by atoms with Crippen molar-refractivity contribution in [2.75, 3.05) is 27.7 Å². The fourth-order valence-electron chi connectivity index (χ4n) is 2.17. The zero-order valence-corrected chi connectivity index (χ0v) is 16.8. The van der Waals surface area contributed by atoms with Gasteiger partial charge in [0.25, 0.3) is 0 Å². The molecule has 136 valence electrons. The van der Waals surface area contributed by atoms with Crippen LogP contribution in [0.25, 0.3) is 0 Å². The minimum Gasteiger partial charge on any atom is -0.401 e. The van der Waals surface area contributed by atoms with Crippen molar-refractivity contribution in [2.45, 2.75) is 47.5 Å². The van der Waals surface area contributed by atoms with Gasteiger partial charge in [-0.05, 0) is 46.1 Å². The van der Waals surface area contributed by atoms with E-state index in [0.29, 0.717) is 0 Å². The maximum absolute atomic E-state index is 6.46. The van der Waals surface area contributed by atoms with Gasteiger partial charge in [-0.15, -0.1) is 0 Å². The molecule has 0 aromatic rings. The zero-order valence-electron chi connectivity index (χ0n) is 16.8. The van der Waals surface area contributed by atoms with E-state index in [1.807, 2.05) is 39.8 Å². The first-order valence-electron chi connectivity index (χ1n) is 8.67. The lowest BCUT2D eigenvalue weighted by Crippen LogP contribution is -2.20. The lowest BCUT2D eigenvalue weighted by atomic mass is 9.94. The molecular formula is C20H36N4. The highest BCUT2D eigenvalue weighted by atomic mass is 15.1. The van der Waals surface area contributed by atoms with Crippen LogP contribution in [0.3, 0.4) is 0 Å². The van der Waals surface area contributed by atoms with Gasteiger partial charge in [-0.2, -0.15) is 0 Å². The Kier molecular flexibility index (Phi) is 10.8. The zero-order chi connectivity index (χ0) is 18.7. The summed E-state index contributed by atoms with van der Waals surface area (Å²) in [7, 11) is 5.82. The van der Waals surface area contributed by atoms with Crippen LogP contribution in [0.5, 0.6) is 0 Å². The molecule has 0 heterocycles. The second kappa shape index (κ2) is 11.7.